The molecule has 4 heteroatoms. The first-order chi connectivity index (χ1) is 9.51. The van der Waals surface area contributed by atoms with Crippen molar-refractivity contribution >= 4 is 21.7 Å². The Balaban J connectivity index is 2.14. The average molecular weight is 336 g/mol. The van der Waals surface area contributed by atoms with E-state index in [1.54, 1.807) is 7.11 Å². The number of ether oxygens (including phenoxy) is 1. The number of nitrogens with zero attached hydrogens (tertiary/aromatic N) is 1. The molecule has 0 bridgehead atoms. The zero-order valence-electron chi connectivity index (χ0n) is 11.9. The molecule has 0 unspecified atom stereocenters. The van der Waals surface area contributed by atoms with E-state index in [4.69, 9.17) is 4.74 Å². The van der Waals surface area contributed by atoms with E-state index in [9.17, 15) is 4.79 Å². The minimum atomic E-state index is 0.0287. The first-order valence-corrected chi connectivity index (χ1v) is 7.33. The summed E-state index contributed by atoms with van der Waals surface area (Å²) < 4.78 is 8.16. The highest BCUT2D eigenvalue weighted by Gasteiger charge is 2.11. The SMILES string of the molecule is COc1ccc(Cn2ccc(C(=O)C(C)C)c2)cc1Br. The summed E-state index contributed by atoms with van der Waals surface area (Å²) >= 11 is 3.48. The largest absolute Gasteiger partial charge is 0.496 e. The fourth-order valence-electron chi connectivity index (χ4n) is 2.04. The van der Waals surface area contributed by atoms with Crippen LogP contribution in [0.1, 0.15) is 29.8 Å². The number of hydrogen-bond donors (Lipinski definition) is 0. The molecular formula is C16H18BrNO2. The highest BCUT2D eigenvalue weighted by Crippen LogP contribution is 2.26. The Bertz CT molecular complexity index is 617. The number of halogens is 1. The van der Waals surface area contributed by atoms with Gasteiger partial charge in [-0.05, 0) is 39.7 Å². The van der Waals surface area contributed by atoms with E-state index in [0.29, 0.717) is 0 Å². The highest BCUT2D eigenvalue weighted by molar-refractivity contribution is 9.10. The van der Waals surface area contributed by atoms with Gasteiger partial charge in [0.05, 0.1) is 11.6 Å². The number of rotatable bonds is 5. The Morgan fingerprint density at radius 3 is 2.70 bits per heavy atom. The molecule has 1 aromatic heterocycles. The molecule has 0 aliphatic heterocycles. The highest BCUT2D eigenvalue weighted by atomic mass is 79.9. The van der Waals surface area contributed by atoms with Crippen molar-refractivity contribution < 1.29 is 9.53 Å². The van der Waals surface area contributed by atoms with Crippen LogP contribution in [-0.2, 0) is 6.54 Å². The number of carbonyl (C=O) groups excluding carboxylic acids is 1. The van der Waals surface area contributed by atoms with Gasteiger partial charge in [-0.3, -0.25) is 4.79 Å². The maximum absolute atomic E-state index is 11.9. The topological polar surface area (TPSA) is 31.2 Å². The van der Waals surface area contributed by atoms with Crippen LogP contribution in [0.25, 0.3) is 0 Å². The lowest BCUT2D eigenvalue weighted by Crippen LogP contribution is -2.06. The van der Waals surface area contributed by atoms with Gasteiger partial charge in [0.2, 0.25) is 0 Å². The van der Waals surface area contributed by atoms with Gasteiger partial charge in [-0.15, -0.1) is 0 Å². The molecule has 1 heterocycles. The summed E-state index contributed by atoms with van der Waals surface area (Å²) in [6.45, 7) is 4.56. The standard InChI is InChI=1S/C16H18BrNO2/c1-11(2)16(19)13-6-7-18(10-13)9-12-4-5-15(20-3)14(17)8-12/h4-8,10-11H,9H2,1-3H3. The van der Waals surface area contributed by atoms with Crippen LogP contribution in [0, 0.1) is 5.92 Å². The van der Waals surface area contributed by atoms with E-state index >= 15 is 0 Å². The summed E-state index contributed by atoms with van der Waals surface area (Å²) in [6, 6.07) is 7.86. The quantitative estimate of drug-likeness (QED) is 0.768. The summed E-state index contributed by atoms with van der Waals surface area (Å²) in [4.78, 5) is 11.9. The molecule has 0 aliphatic carbocycles. The van der Waals surface area contributed by atoms with Gasteiger partial charge in [0.25, 0.3) is 0 Å². The Hall–Kier alpha value is -1.55. The average Bonchev–Trinajstić information content (AvgIpc) is 2.86. The Morgan fingerprint density at radius 1 is 1.35 bits per heavy atom. The van der Waals surface area contributed by atoms with Crippen LogP contribution < -0.4 is 4.74 Å². The fourth-order valence-corrected chi connectivity index (χ4v) is 2.63. The third kappa shape index (κ3) is 3.31. The zero-order chi connectivity index (χ0) is 14.7. The number of aromatic nitrogens is 1. The second-order valence-electron chi connectivity index (χ2n) is 5.06. The van der Waals surface area contributed by atoms with Crippen molar-refractivity contribution in [1.82, 2.24) is 4.57 Å². The molecule has 1 aromatic carbocycles. The van der Waals surface area contributed by atoms with Crippen molar-refractivity contribution in [2.24, 2.45) is 5.92 Å². The number of benzene rings is 1. The van der Waals surface area contributed by atoms with Crippen LogP contribution >= 0.6 is 15.9 Å². The van der Waals surface area contributed by atoms with Crippen LogP contribution in [0.4, 0.5) is 0 Å². The van der Waals surface area contributed by atoms with E-state index in [1.165, 1.54) is 0 Å². The van der Waals surface area contributed by atoms with Crippen LogP contribution in [0.2, 0.25) is 0 Å². The molecule has 106 valence electrons. The maximum Gasteiger partial charge on any atom is 0.166 e. The van der Waals surface area contributed by atoms with Crippen molar-refractivity contribution in [2.75, 3.05) is 7.11 Å². The second kappa shape index (κ2) is 6.27. The third-order valence-corrected chi connectivity index (χ3v) is 3.76. The predicted octanol–water partition coefficient (Wildman–Crippen LogP) is 4.15. The van der Waals surface area contributed by atoms with Crippen molar-refractivity contribution in [3.63, 3.8) is 0 Å². The van der Waals surface area contributed by atoms with Gasteiger partial charge in [-0.1, -0.05) is 19.9 Å². The van der Waals surface area contributed by atoms with Crippen molar-refractivity contribution in [2.45, 2.75) is 20.4 Å². The summed E-state index contributed by atoms with van der Waals surface area (Å²) in [7, 11) is 1.65. The molecular weight excluding hydrogens is 318 g/mol. The Kier molecular flexibility index (Phi) is 4.65. The number of carbonyl (C=O) groups is 1. The normalized spacial score (nSPS) is 10.8. The fraction of sp³-hybridized carbons (Fsp3) is 0.312. The Morgan fingerprint density at radius 2 is 2.10 bits per heavy atom. The molecule has 0 radical (unpaired) electrons. The lowest BCUT2D eigenvalue weighted by molar-refractivity contribution is 0.0939. The summed E-state index contributed by atoms with van der Waals surface area (Å²) in [5.74, 6) is 1.03. The molecule has 20 heavy (non-hydrogen) atoms. The lowest BCUT2D eigenvalue weighted by atomic mass is 10.0. The van der Waals surface area contributed by atoms with Crippen LogP contribution in [0.5, 0.6) is 5.75 Å². The molecule has 0 saturated heterocycles. The summed E-state index contributed by atoms with van der Waals surface area (Å²) in [6.07, 6.45) is 3.84. The Labute approximate surface area is 127 Å². The van der Waals surface area contributed by atoms with E-state index in [-0.39, 0.29) is 11.7 Å². The number of ketones is 1. The van der Waals surface area contributed by atoms with Gasteiger partial charge in [0, 0.05) is 30.4 Å². The second-order valence-corrected chi connectivity index (χ2v) is 5.91. The molecule has 2 rings (SSSR count). The molecule has 0 atom stereocenters. The molecule has 0 aliphatic rings. The molecule has 0 fully saturated rings. The van der Waals surface area contributed by atoms with Crippen molar-refractivity contribution in [3.8, 4) is 5.75 Å². The molecule has 0 spiro atoms. The molecule has 0 amide bonds. The number of Topliss-reactive ketones (excluding diaryl/α,β-unsaturated/α-hetero) is 1. The van der Waals surface area contributed by atoms with E-state index in [0.717, 1.165) is 27.9 Å². The summed E-state index contributed by atoms with van der Waals surface area (Å²) in [5.41, 5.74) is 1.92. The first-order valence-electron chi connectivity index (χ1n) is 6.53. The predicted molar refractivity (Wildman–Crippen MR) is 83.4 cm³/mol. The first kappa shape index (κ1) is 14.9. The monoisotopic (exact) mass is 335 g/mol. The van der Waals surface area contributed by atoms with Gasteiger partial charge in [0.1, 0.15) is 5.75 Å². The van der Waals surface area contributed by atoms with Gasteiger partial charge >= 0.3 is 0 Å². The third-order valence-electron chi connectivity index (χ3n) is 3.14. The molecule has 2 aromatic rings. The van der Waals surface area contributed by atoms with E-state index in [1.807, 2.05) is 55.1 Å². The van der Waals surface area contributed by atoms with Crippen molar-refractivity contribution in [3.05, 3.63) is 52.3 Å². The van der Waals surface area contributed by atoms with Gasteiger partial charge < -0.3 is 9.30 Å². The van der Waals surface area contributed by atoms with E-state index in [2.05, 4.69) is 15.9 Å². The molecule has 0 N–H and O–H groups in total. The smallest absolute Gasteiger partial charge is 0.166 e. The summed E-state index contributed by atoms with van der Waals surface area (Å²) in [5, 5.41) is 0. The molecule has 3 nitrogen and oxygen atoms in total. The van der Waals surface area contributed by atoms with Gasteiger partial charge in [-0.25, -0.2) is 0 Å². The van der Waals surface area contributed by atoms with Gasteiger partial charge in [0.15, 0.2) is 5.78 Å². The van der Waals surface area contributed by atoms with Crippen LogP contribution in [0.15, 0.2) is 41.1 Å². The number of hydrogen-bond acceptors (Lipinski definition) is 2. The van der Waals surface area contributed by atoms with Crippen molar-refractivity contribution in [1.29, 1.82) is 0 Å². The minimum Gasteiger partial charge on any atom is -0.496 e. The van der Waals surface area contributed by atoms with Crippen LogP contribution in [0.3, 0.4) is 0 Å². The number of methoxy groups -OCH3 is 1. The van der Waals surface area contributed by atoms with Crippen LogP contribution in [-0.4, -0.2) is 17.5 Å². The molecule has 0 saturated carbocycles. The minimum absolute atomic E-state index is 0.0287. The zero-order valence-corrected chi connectivity index (χ0v) is 13.5. The maximum atomic E-state index is 11.9. The van der Waals surface area contributed by atoms with Gasteiger partial charge in [-0.2, -0.15) is 0 Å². The lowest BCUT2D eigenvalue weighted by Gasteiger charge is -2.07. The van der Waals surface area contributed by atoms with E-state index < -0.39 is 0 Å².